The summed E-state index contributed by atoms with van der Waals surface area (Å²) in [5.74, 6) is 0.683. The number of amides is 1. The van der Waals surface area contributed by atoms with E-state index in [1.54, 1.807) is 0 Å². The molecule has 1 amide bonds. The van der Waals surface area contributed by atoms with Crippen LogP contribution in [0.4, 0.5) is 0 Å². The number of sulfone groups is 1. The first-order valence-corrected chi connectivity index (χ1v) is 6.75. The average molecular weight is 217 g/mol. The van der Waals surface area contributed by atoms with Gasteiger partial charge in [0.25, 0.3) is 0 Å². The molecule has 1 N–H and O–H groups in total. The van der Waals surface area contributed by atoms with E-state index in [-0.39, 0.29) is 28.9 Å². The molecule has 5 heteroatoms. The van der Waals surface area contributed by atoms with Gasteiger partial charge in [-0.05, 0) is 25.7 Å². The van der Waals surface area contributed by atoms with Gasteiger partial charge in [-0.1, -0.05) is 0 Å². The summed E-state index contributed by atoms with van der Waals surface area (Å²) in [5.41, 5.74) is -0.277. The molecule has 2 saturated heterocycles. The van der Waals surface area contributed by atoms with Crippen LogP contribution in [0.15, 0.2) is 0 Å². The summed E-state index contributed by atoms with van der Waals surface area (Å²) in [6, 6.07) is 0. The molecule has 4 nitrogen and oxygen atoms in total. The van der Waals surface area contributed by atoms with Gasteiger partial charge in [0.15, 0.2) is 9.84 Å². The van der Waals surface area contributed by atoms with E-state index < -0.39 is 9.84 Å². The van der Waals surface area contributed by atoms with Crippen LogP contribution in [0.1, 0.15) is 26.2 Å². The van der Waals surface area contributed by atoms with E-state index in [0.29, 0.717) is 12.8 Å². The SMILES string of the molecule is CC1(C2CCS(=O)(=O)C2)CCC(=O)N1. The van der Waals surface area contributed by atoms with Gasteiger partial charge in [-0.25, -0.2) is 8.42 Å². The molecule has 2 aliphatic heterocycles. The third-order valence-corrected chi connectivity index (χ3v) is 5.20. The maximum absolute atomic E-state index is 11.3. The molecule has 0 aromatic rings. The molecule has 0 spiro atoms. The molecule has 2 atom stereocenters. The summed E-state index contributed by atoms with van der Waals surface area (Å²) in [6.45, 7) is 1.96. The van der Waals surface area contributed by atoms with Crippen molar-refractivity contribution in [2.24, 2.45) is 5.92 Å². The molecular weight excluding hydrogens is 202 g/mol. The van der Waals surface area contributed by atoms with Gasteiger partial charge in [-0.3, -0.25) is 4.79 Å². The Balaban J connectivity index is 2.13. The quantitative estimate of drug-likeness (QED) is 0.677. The topological polar surface area (TPSA) is 63.2 Å². The van der Waals surface area contributed by atoms with E-state index in [9.17, 15) is 13.2 Å². The highest BCUT2D eigenvalue weighted by Gasteiger charge is 2.45. The number of hydrogen-bond donors (Lipinski definition) is 1. The maximum Gasteiger partial charge on any atom is 0.220 e. The lowest BCUT2D eigenvalue weighted by Gasteiger charge is -2.30. The molecule has 2 fully saturated rings. The van der Waals surface area contributed by atoms with Gasteiger partial charge >= 0.3 is 0 Å². The Morgan fingerprint density at radius 1 is 1.50 bits per heavy atom. The van der Waals surface area contributed by atoms with E-state index in [4.69, 9.17) is 0 Å². The van der Waals surface area contributed by atoms with Crippen molar-refractivity contribution in [3.05, 3.63) is 0 Å². The van der Waals surface area contributed by atoms with E-state index in [1.165, 1.54) is 0 Å². The Labute approximate surface area is 84.0 Å². The first-order valence-electron chi connectivity index (χ1n) is 4.93. The number of nitrogens with one attached hydrogen (secondary N) is 1. The zero-order valence-corrected chi connectivity index (χ0v) is 9.06. The van der Waals surface area contributed by atoms with Crippen molar-refractivity contribution in [1.82, 2.24) is 5.32 Å². The minimum atomic E-state index is -2.84. The second-order valence-electron chi connectivity index (χ2n) is 4.57. The molecule has 0 bridgehead atoms. The number of rotatable bonds is 1. The van der Waals surface area contributed by atoms with Crippen LogP contribution in [0.2, 0.25) is 0 Å². The highest BCUT2D eigenvalue weighted by Crippen LogP contribution is 2.35. The minimum absolute atomic E-state index is 0.0526. The summed E-state index contributed by atoms with van der Waals surface area (Å²) in [4.78, 5) is 11.1. The molecule has 2 rings (SSSR count). The molecule has 0 saturated carbocycles. The lowest BCUT2D eigenvalue weighted by molar-refractivity contribution is -0.119. The van der Waals surface area contributed by atoms with Gasteiger partial charge in [-0.15, -0.1) is 0 Å². The Kier molecular flexibility index (Phi) is 2.10. The van der Waals surface area contributed by atoms with Crippen molar-refractivity contribution in [1.29, 1.82) is 0 Å². The number of hydrogen-bond acceptors (Lipinski definition) is 3. The van der Waals surface area contributed by atoms with Crippen molar-refractivity contribution in [3.8, 4) is 0 Å². The minimum Gasteiger partial charge on any atom is -0.351 e. The van der Waals surface area contributed by atoms with Gasteiger partial charge in [-0.2, -0.15) is 0 Å². The van der Waals surface area contributed by atoms with Crippen LogP contribution >= 0.6 is 0 Å². The van der Waals surface area contributed by atoms with E-state index in [1.807, 2.05) is 6.92 Å². The molecule has 0 aromatic heterocycles. The third-order valence-electron chi connectivity index (χ3n) is 3.43. The zero-order chi connectivity index (χ0) is 10.4. The predicted octanol–water partition coefficient (Wildman–Crippen LogP) is 0.0898. The van der Waals surface area contributed by atoms with Gasteiger partial charge in [0.2, 0.25) is 5.91 Å². The van der Waals surface area contributed by atoms with Crippen LogP contribution in [-0.4, -0.2) is 31.4 Å². The molecule has 0 aromatic carbocycles. The highest BCUT2D eigenvalue weighted by atomic mass is 32.2. The van der Waals surface area contributed by atoms with Crippen LogP contribution in [-0.2, 0) is 14.6 Å². The average Bonchev–Trinajstić information content (AvgIpc) is 2.57. The molecule has 2 unspecified atom stereocenters. The zero-order valence-electron chi connectivity index (χ0n) is 8.25. The van der Waals surface area contributed by atoms with Crippen LogP contribution in [0.25, 0.3) is 0 Å². The summed E-state index contributed by atoms with van der Waals surface area (Å²) < 4.78 is 22.6. The third kappa shape index (κ3) is 1.65. The molecular formula is C9H15NO3S. The Hall–Kier alpha value is -0.580. The standard InChI is InChI=1S/C9H15NO3S/c1-9(4-2-8(11)10-9)7-3-5-14(12,13)6-7/h7H,2-6H2,1H3,(H,10,11). The summed E-state index contributed by atoms with van der Waals surface area (Å²) in [5, 5.41) is 2.91. The Morgan fingerprint density at radius 2 is 2.21 bits per heavy atom. The highest BCUT2D eigenvalue weighted by molar-refractivity contribution is 7.91. The van der Waals surface area contributed by atoms with Crippen molar-refractivity contribution < 1.29 is 13.2 Å². The second-order valence-corrected chi connectivity index (χ2v) is 6.79. The molecule has 14 heavy (non-hydrogen) atoms. The second kappa shape index (κ2) is 2.95. The fraction of sp³-hybridized carbons (Fsp3) is 0.889. The van der Waals surface area contributed by atoms with Crippen molar-refractivity contribution in [2.75, 3.05) is 11.5 Å². The molecule has 0 radical (unpaired) electrons. The van der Waals surface area contributed by atoms with Gasteiger partial charge < -0.3 is 5.32 Å². The summed E-state index contributed by atoms with van der Waals surface area (Å²) in [7, 11) is -2.84. The van der Waals surface area contributed by atoms with E-state index in [2.05, 4.69) is 5.32 Å². The first-order chi connectivity index (χ1) is 6.41. The first kappa shape index (κ1) is 9.96. The monoisotopic (exact) mass is 217 g/mol. The van der Waals surface area contributed by atoms with E-state index >= 15 is 0 Å². The Bertz CT molecular complexity index is 362. The van der Waals surface area contributed by atoms with Crippen LogP contribution in [0.5, 0.6) is 0 Å². The van der Waals surface area contributed by atoms with Crippen molar-refractivity contribution in [3.63, 3.8) is 0 Å². The fourth-order valence-electron chi connectivity index (χ4n) is 2.42. The number of carbonyl (C=O) groups is 1. The van der Waals surface area contributed by atoms with Crippen molar-refractivity contribution >= 4 is 15.7 Å². The van der Waals surface area contributed by atoms with Crippen LogP contribution < -0.4 is 5.32 Å². The molecule has 0 aliphatic carbocycles. The number of carbonyl (C=O) groups excluding carboxylic acids is 1. The van der Waals surface area contributed by atoms with Gasteiger partial charge in [0.05, 0.1) is 11.5 Å². The van der Waals surface area contributed by atoms with Crippen LogP contribution in [0.3, 0.4) is 0 Å². The summed E-state index contributed by atoms with van der Waals surface area (Å²) >= 11 is 0. The fourth-order valence-corrected chi connectivity index (χ4v) is 4.38. The van der Waals surface area contributed by atoms with Gasteiger partial charge in [0.1, 0.15) is 0 Å². The summed E-state index contributed by atoms with van der Waals surface area (Å²) in [6.07, 6.45) is 2.00. The normalized spacial score (nSPS) is 41.2. The van der Waals surface area contributed by atoms with Crippen LogP contribution in [0, 0.1) is 5.92 Å². The lowest BCUT2D eigenvalue weighted by Crippen LogP contribution is -2.45. The maximum atomic E-state index is 11.3. The smallest absolute Gasteiger partial charge is 0.220 e. The predicted molar refractivity (Wildman–Crippen MR) is 52.5 cm³/mol. The molecule has 2 heterocycles. The molecule has 80 valence electrons. The molecule has 2 aliphatic rings. The largest absolute Gasteiger partial charge is 0.351 e. The van der Waals surface area contributed by atoms with E-state index in [0.717, 1.165) is 6.42 Å². The lowest BCUT2D eigenvalue weighted by atomic mass is 9.84. The van der Waals surface area contributed by atoms with Crippen molar-refractivity contribution in [2.45, 2.75) is 31.7 Å². The Morgan fingerprint density at radius 3 is 2.64 bits per heavy atom. The van der Waals surface area contributed by atoms with Gasteiger partial charge in [0, 0.05) is 12.0 Å².